The number of fused-ring (bicyclic) bond motifs is 2. The predicted molar refractivity (Wildman–Crippen MR) is 130 cm³/mol. The number of ether oxygens (including phenoxy) is 1. The first-order valence-electron chi connectivity index (χ1n) is 10.5. The number of nitrogens with zero attached hydrogens (tertiary/aromatic N) is 5. The Hall–Kier alpha value is -3.48. The van der Waals surface area contributed by atoms with Gasteiger partial charge in [-0.25, -0.2) is 4.98 Å². The van der Waals surface area contributed by atoms with Crippen molar-refractivity contribution in [2.45, 2.75) is 26.8 Å². The van der Waals surface area contributed by atoms with E-state index in [2.05, 4.69) is 11.1 Å². The van der Waals surface area contributed by atoms with Crippen LogP contribution in [0.5, 0.6) is 0 Å². The molecule has 0 aliphatic rings. The number of allylic oxidation sites excluding steroid dienone is 2. The number of rotatable bonds is 8. The van der Waals surface area contributed by atoms with E-state index in [9.17, 15) is 14.9 Å². The number of hydrogen-bond donors (Lipinski definition) is 0. The number of carbonyl (C=O) groups excluding carboxylic acids is 1. The zero-order valence-corrected chi connectivity index (χ0v) is 19.6. The van der Waals surface area contributed by atoms with Gasteiger partial charge >= 0.3 is 0 Å². The first-order valence-corrected chi connectivity index (χ1v) is 11.8. The fourth-order valence-corrected chi connectivity index (χ4v) is 3.62. The number of pyridine rings is 2. The maximum Gasteiger partial charge on any atom is 0.271 e. The number of hydrogen-bond acceptors (Lipinski definition) is 6. The topological polar surface area (TPSA) is 102 Å². The third-order valence-electron chi connectivity index (χ3n) is 4.88. The molecule has 0 aromatic carbocycles. The molecule has 8 nitrogen and oxygen atoms in total. The quantitative estimate of drug-likeness (QED) is 0.220. The van der Waals surface area contributed by atoms with Crippen LogP contribution in [0.15, 0.2) is 57.8 Å². The Kier molecular flexibility index (Phi) is 8.35. The zero-order valence-electron chi connectivity index (χ0n) is 18.8. The van der Waals surface area contributed by atoms with Crippen LogP contribution in [0.3, 0.4) is 0 Å². The van der Waals surface area contributed by atoms with E-state index >= 15 is 0 Å². The van der Waals surface area contributed by atoms with Crippen molar-refractivity contribution < 1.29 is 9.53 Å². The van der Waals surface area contributed by atoms with E-state index in [1.165, 1.54) is 28.3 Å². The second kappa shape index (κ2) is 11.4. The van der Waals surface area contributed by atoms with Gasteiger partial charge in [0.05, 0.1) is 10.9 Å². The molecular formula is C24H25N5O3S. The van der Waals surface area contributed by atoms with Crippen LogP contribution < -0.4 is 11.0 Å². The first-order chi connectivity index (χ1) is 16.0. The monoisotopic (exact) mass is 463 g/mol. The van der Waals surface area contributed by atoms with E-state index in [1.807, 2.05) is 31.6 Å². The molecule has 3 heterocycles. The van der Waals surface area contributed by atoms with Gasteiger partial charge in [-0.2, -0.15) is 10.3 Å². The van der Waals surface area contributed by atoms with Crippen LogP contribution in [0.1, 0.15) is 24.5 Å². The van der Waals surface area contributed by atoms with Crippen molar-refractivity contribution in [3.05, 3.63) is 75.0 Å². The molecule has 0 saturated heterocycles. The molecule has 3 rings (SSSR count). The molecule has 0 unspecified atom stereocenters. The van der Waals surface area contributed by atoms with Crippen molar-refractivity contribution in [1.29, 1.82) is 5.26 Å². The third kappa shape index (κ3) is 5.48. The standard InChI is InChI=1S/C24H25N5O3S/c1-4-32-13-8-12-28-22(26-20(30)10-5-6-14-33-3)18(16-25)15-19-23(28)27-21-17(2)9-7-11-29(21)24(19)31/h5-7,9-11,14-15H,4,8,12-13H2,1-3H3/b10-5+,14-6+,26-22?. The summed E-state index contributed by atoms with van der Waals surface area (Å²) in [5.74, 6) is -0.510. The normalized spacial score (nSPS) is 12.4. The number of aromatic nitrogens is 3. The average molecular weight is 464 g/mol. The van der Waals surface area contributed by atoms with Crippen LogP contribution in [0.25, 0.3) is 16.7 Å². The lowest BCUT2D eigenvalue weighted by atomic mass is 10.2. The van der Waals surface area contributed by atoms with E-state index < -0.39 is 5.91 Å². The molecule has 3 aromatic rings. The summed E-state index contributed by atoms with van der Waals surface area (Å²) in [6.07, 6.45) is 8.82. The molecule has 0 fully saturated rings. The van der Waals surface area contributed by atoms with Crippen molar-refractivity contribution >= 4 is 34.3 Å². The molecule has 33 heavy (non-hydrogen) atoms. The van der Waals surface area contributed by atoms with Gasteiger partial charge in [0.25, 0.3) is 11.5 Å². The summed E-state index contributed by atoms with van der Waals surface area (Å²) >= 11 is 1.51. The van der Waals surface area contributed by atoms with Crippen LogP contribution in [-0.2, 0) is 16.1 Å². The molecular weight excluding hydrogens is 438 g/mol. The minimum Gasteiger partial charge on any atom is -0.382 e. The third-order valence-corrected chi connectivity index (χ3v) is 5.31. The Labute approximate surface area is 195 Å². The number of thioether (sulfide) groups is 1. The molecule has 0 N–H and O–H groups in total. The molecule has 1 amide bonds. The molecule has 170 valence electrons. The van der Waals surface area contributed by atoms with Crippen molar-refractivity contribution in [2.75, 3.05) is 19.5 Å². The molecule has 9 heteroatoms. The summed E-state index contributed by atoms with van der Waals surface area (Å²) in [7, 11) is 0. The van der Waals surface area contributed by atoms with Crippen LogP contribution in [0.4, 0.5) is 0 Å². The van der Waals surface area contributed by atoms with Gasteiger partial charge in [-0.15, -0.1) is 11.8 Å². The highest BCUT2D eigenvalue weighted by Crippen LogP contribution is 2.13. The predicted octanol–water partition coefficient (Wildman–Crippen LogP) is 3.12. The van der Waals surface area contributed by atoms with Crippen LogP contribution >= 0.6 is 11.8 Å². The van der Waals surface area contributed by atoms with Gasteiger partial charge < -0.3 is 9.30 Å². The van der Waals surface area contributed by atoms with Gasteiger partial charge in [-0.3, -0.25) is 14.0 Å². The molecule has 0 bridgehead atoms. The Morgan fingerprint density at radius 2 is 2.18 bits per heavy atom. The maximum absolute atomic E-state index is 13.2. The van der Waals surface area contributed by atoms with Crippen molar-refractivity contribution in [3.63, 3.8) is 0 Å². The van der Waals surface area contributed by atoms with E-state index in [0.717, 1.165) is 5.56 Å². The molecule has 0 aliphatic carbocycles. The lowest BCUT2D eigenvalue weighted by Crippen LogP contribution is -2.30. The Morgan fingerprint density at radius 3 is 2.91 bits per heavy atom. The minimum absolute atomic E-state index is 0.131. The highest BCUT2D eigenvalue weighted by Gasteiger charge is 2.15. The largest absolute Gasteiger partial charge is 0.382 e. The summed E-state index contributed by atoms with van der Waals surface area (Å²) in [4.78, 5) is 34.7. The minimum atomic E-state index is -0.510. The highest BCUT2D eigenvalue weighted by molar-refractivity contribution is 8.01. The Balaban J connectivity index is 2.31. The number of carbonyl (C=O) groups is 1. The summed E-state index contributed by atoms with van der Waals surface area (Å²) in [6.45, 7) is 5.23. The van der Waals surface area contributed by atoms with Crippen LogP contribution in [-0.4, -0.2) is 39.3 Å². The van der Waals surface area contributed by atoms with Gasteiger partial charge in [0.1, 0.15) is 17.4 Å². The SMILES string of the molecule is CCOCCCn1c(=NC(=O)/C=C/C=C/SC)c(C#N)cc2c(=O)n3cccc(C)c3nc21. The number of amides is 1. The second-order valence-corrected chi connectivity index (χ2v) is 7.85. The average Bonchev–Trinajstić information content (AvgIpc) is 2.81. The van der Waals surface area contributed by atoms with E-state index in [1.54, 1.807) is 29.0 Å². The first kappa shape index (κ1) is 24.2. The Morgan fingerprint density at radius 1 is 1.36 bits per heavy atom. The van der Waals surface area contributed by atoms with Crippen molar-refractivity contribution in [2.24, 2.45) is 4.99 Å². The second-order valence-electron chi connectivity index (χ2n) is 7.11. The number of aryl methyl sites for hydroxylation is 2. The maximum atomic E-state index is 13.2. The molecule has 0 saturated carbocycles. The fraction of sp³-hybridized carbons (Fsp3) is 0.292. The highest BCUT2D eigenvalue weighted by atomic mass is 32.2. The molecule has 0 aliphatic heterocycles. The van der Waals surface area contributed by atoms with Gasteiger partial charge in [0.15, 0.2) is 5.49 Å². The van der Waals surface area contributed by atoms with E-state index in [4.69, 9.17) is 9.72 Å². The lowest BCUT2D eigenvalue weighted by Gasteiger charge is -2.14. The fourth-order valence-electron chi connectivity index (χ4n) is 3.37. The summed E-state index contributed by atoms with van der Waals surface area (Å²) < 4.78 is 8.59. The van der Waals surface area contributed by atoms with E-state index in [0.29, 0.717) is 37.5 Å². The molecule has 3 aromatic heterocycles. The van der Waals surface area contributed by atoms with Crippen molar-refractivity contribution in [1.82, 2.24) is 14.0 Å². The zero-order chi connectivity index (χ0) is 23.8. The lowest BCUT2D eigenvalue weighted by molar-refractivity contribution is -0.113. The van der Waals surface area contributed by atoms with Gasteiger partial charge in [0, 0.05) is 32.0 Å². The molecule has 0 spiro atoms. The van der Waals surface area contributed by atoms with Gasteiger partial charge in [0.2, 0.25) is 0 Å². The van der Waals surface area contributed by atoms with Crippen LogP contribution in [0.2, 0.25) is 0 Å². The van der Waals surface area contributed by atoms with Gasteiger partial charge in [-0.05, 0) is 49.6 Å². The van der Waals surface area contributed by atoms with Crippen LogP contribution in [0, 0.1) is 18.3 Å². The smallest absolute Gasteiger partial charge is 0.271 e. The van der Waals surface area contributed by atoms with E-state index in [-0.39, 0.29) is 22.0 Å². The summed E-state index contributed by atoms with van der Waals surface area (Å²) in [6, 6.07) is 7.19. The summed E-state index contributed by atoms with van der Waals surface area (Å²) in [5.41, 5.74) is 1.75. The molecule has 0 atom stereocenters. The van der Waals surface area contributed by atoms with Crippen molar-refractivity contribution in [3.8, 4) is 6.07 Å². The van der Waals surface area contributed by atoms with Gasteiger partial charge in [-0.1, -0.05) is 18.2 Å². The number of nitriles is 1. The molecule has 0 radical (unpaired) electrons. The summed E-state index contributed by atoms with van der Waals surface area (Å²) in [5, 5.41) is 11.9. The Bertz CT molecular complexity index is 1410.